The minimum Gasteiger partial charge on any atom is -0.468 e. The maximum atomic E-state index is 13.9. The van der Waals surface area contributed by atoms with Crippen LogP contribution in [0.1, 0.15) is 86.9 Å². The van der Waals surface area contributed by atoms with Gasteiger partial charge in [0.05, 0.1) is 17.9 Å². The van der Waals surface area contributed by atoms with E-state index in [2.05, 4.69) is 10.2 Å². The molecule has 10 nitrogen and oxygen atoms in total. The van der Waals surface area contributed by atoms with Crippen LogP contribution in [-0.4, -0.2) is 33.9 Å². The molecule has 3 rings (SSSR count). The van der Waals surface area contributed by atoms with E-state index in [-0.39, 0.29) is 34.1 Å². The highest BCUT2D eigenvalue weighted by Crippen LogP contribution is 2.50. The summed E-state index contributed by atoms with van der Waals surface area (Å²) in [5.74, 6) is -2.47. The van der Waals surface area contributed by atoms with Gasteiger partial charge in [-0.3, -0.25) is 4.79 Å². The number of rotatable bonds is 5. The predicted octanol–water partition coefficient (Wildman–Crippen LogP) is 2.71. The first-order valence-corrected chi connectivity index (χ1v) is 11.7. The number of primary sulfonamides is 1. The van der Waals surface area contributed by atoms with E-state index >= 15 is 0 Å². The Balaban J connectivity index is 2.35. The standard InChI is InChI=1S/C19H27F3N6O4S/c1-8(2)11-10(13(9(3)4)28(26-11)19(20,21)22)15-18(5,6)7-27-17(32-15)14(33(24,30)31)12(25-27)16(23)29/h8-9,15H,7H2,1-6H3,(H2,23,29)(H2,24,30,31). The zero-order valence-corrected chi connectivity index (χ0v) is 19.9. The van der Waals surface area contributed by atoms with Crippen molar-refractivity contribution in [1.29, 1.82) is 0 Å². The number of fused-ring (bicyclic) bond motifs is 1. The Morgan fingerprint density at radius 1 is 1.18 bits per heavy atom. The van der Waals surface area contributed by atoms with Crippen LogP contribution >= 0.6 is 0 Å². The molecule has 0 saturated carbocycles. The van der Waals surface area contributed by atoms with Crippen LogP contribution in [0.2, 0.25) is 0 Å². The maximum Gasteiger partial charge on any atom is 0.504 e. The number of aromatic nitrogens is 4. The molecule has 33 heavy (non-hydrogen) atoms. The molecule has 0 aromatic carbocycles. The van der Waals surface area contributed by atoms with Gasteiger partial charge in [0.25, 0.3) is 5.91 Å². The van der Waals surface area contributed by atoms with Gasteiger partial charge < -0.3 is 10.5 Å². The summed E-state index contributed by atoms with van der Waals surface area (Å²) >= 11 is 0. The molecule has 0 bridgehead atoms. The van der Waals surface area contributed by atoms with E-state index in [0.29, 0.717) is 0 Å². The van der Waals surface area contributed by atoms with Crippen molar-refractivity contribution in [1.82, 2.24) is 19.6 Å². The molecular weight excluding hydrogens is 465 g/mol. The number of hydrogen-bond donors (Lipinski definition) is 2. The summed E-state index contributed by atoms with van der Waals surface area (Å²) in [7, 11) is -4.50. The fraction of sp³-hybridized carbons (Fsp3) is 0.632. The number of carbonyl (C=O) groups is 1. The summed E-state index contributed by atoms with van der Waals surface area (Å²) in [5, 5.41) is 13.1. The number of sulfonamides is 1. The van der Waals surface area contributed by atoms with Crippen molar-refractivity contribution in [2.24, 2.45) is 16.3 Å². The number of primary amides is 1. The Hall–Kier alpha value is -2.61. The van der Waals surface area contributed by atoms with Crippen molar-refractivity contribution in [3.05, 3.63) is 22.6 Å². The van der Waals surface area contributed by atoms with Gasteiger partial charge in [0, 0.05) is 11.0 Å². The number of nitrogens with zero attached hydrogens (tertiary/aromatic N) is 4. The van der Waals surface area contributed by atoms with Crippen molar-refractivity contribution in [3.63, 3.8) is 0 Å². The molecule has 0 saturated heterocycles. The van der Waals surface area contributed by atoms with Gasteiger partial charge in [-0.15, -0.1) is 13.2 Å². The summed E-state index contributed by atoms with van der Waals surface area (Å²) in [6.07, 6.45) is -5.82. The van der Waals surface area contributed by atoms with Gasteiger partial charge in [0.15, 0.2) is 10.6 Å². The molecule has 4 N–H and O–H groups in total. The minimum atomic E-state index is -4.77. The molecule has 0 radical (unpaired) electrons. The molecule has 1 unspecified atom stereocenters. The average Bonchev–Trinajstić information content (AvgIpc) is 3.17. The lowest BCUT2D eigenvalue weighted by atomic mass is 9.78. The highest BCUT2D eigenvalue weighted by atomic mass is 32.2. The number of carbonyl (C=O) groups excluding carboxylic acids is 1. The van der Waals surface area contributed by atoms with Crippen LogP contribution in [0, 0.1) is 5.41 Å². The molecule has 0 spiro atoms. The Bertz CT molecular complexity index is 1210. The van der Waals surface area contributed by atoms with Crippen LogP contribution in [0.3, 0.4) is 0 Å². The zero-order chi connectivity index (χ0) is 25.3. The number of hydrogen-bond acceptors (Lipinski definition) is 6. The molecule has 1 aliphatic rings. The van der Waals surface area contributed by atoms with E-state index in [1.54, 1.807) is 41.5 Å². The van der Waals surface area contributed by atoms with E-state index < -0.39 is 56.2 Å². The van der Waals surface area contributed by atoms with Crippen molar-refractivity contribution in [3.8, 4) is 5.88 Å². The maximum absolute atomic E-state index is 13.9. The van der Waals surface area contributed by atoms with E-state index in [1.165, 1.54) is 0 Å². The first kappa shape index (κ1) is 25.0. The molecule has 1 atom stereocenters. The van der Waals surface area contributed by atoms with Crippen LogP contribution in [0.25, 0.3) is 0 Å². The Kier molecular flexibility index (Phi) is 5.85. The third kappa shape index (κ3) is 4.21. The van der Waals surface area contributed by atoms with Crippen LogP contribution in [0.5, 0.6) is 5.88 Å². The summed E-state index contributed by atoms with van der Waals surface area (Å²) in [6, 6.07) is 0. The molecule has 184 valence electrons. The lowest BCUT2D eigenvalue weighted by Gasteiger charge is -2.40. The molecule has 2 aromatic heterocycles. The van der Waals surface area contributed by atoms with Crippen LogP contribution < -0.4 is 15.6 Å². The normalized spacial score (nSPS) is 18.5. The summed E-state index contributed by atoms with van der Waals surface area (Å²) < 4.78 is 73.4. The van der Waals surface area contributed by atoms with E-state index in [4.69, 9.17) is 15.6 Å². The monoisotopic (exact) mass is 492 g/mol. The van der Waals surface area contributed by atoms with Crippen LogP contribution in [0.15, 0.2) is 4.90 Å². The number of halogens is 3. The molecule has 1 aliphatic heterocycles. The minimum absolute atomic E-state index is 0.0229. The van der Waals surface area contributed by atoms with Gasteiger partial charge in [-0.2, -0.15) is 14.9 Å². The third-order valence-corrected chi connectivity index (χ3v) is 6.40. The second-order valence-electron chi connectivity index (χ2n) is 9.41. The molecule has 1 amide bonds. The largest absolute Gasteiger partial charge is 0.504 e. The molecule has 2 aromatic rings. The number of ether oxygens (including phenoxy) is 1. The fourth-order valence-corrected chi connectivity index (χ4v) is 4.97. The quantitative estimate of drug-likeness (QED) is 0.656. The second kappa shape index (κ2) is 7.72. The third-order valence-electron chi connectivity index (χ3n) is 5.46. The Morgan fingerprint density at radius 2 is 1.76 bits per heavy atom. The van der Waals surface area contributed by atoms with Gasteiger partial charge in [0.2, 0.25) is 15.9 Å². The van der Waals surface area contributed by atoms with Crippen LogP contribution in [0.4, 0.5) is 13.2 Å². The summed E-state index contributed by atoms with van der Waals surface area (Å²) in [4.78, 5) is 11.1. The Labute approximate surface area is 189 Å². The van der Waals surface area contributed by atoms with Crippen LogP contribution in [-0.2, 0) is 22.9 Å². The lowest BCUT2D eigenvalue weighted by molar-refractivity contribution is -0.214. The first-order chi connectivity index (χ1) is 14.9. The number of nitrogens with two attached hydrogens (primary N) is 2. The van der Waals surface area contributed by atoms with Crippen molar-refractivity contribution < 1.29 is 31.1 Å². The van der Waals surface area contributed by atoms with Crippen molar-refractivity contribution >= 4 is 15.9 Å². The highest BCUT2D eigenvalue weighted by molar-refractivity contribution is 7.89. The Morgan fingerprint density at radius 3 is 2.18 bits per heavy atom. The molecule has 0 fully saturated rings. The van der Waals surface area contributed by atoms with Gasteiger partial charge in [-0.1, -0.05) is 41.5 Å². The molecule has 3 heterocycles. The SMILES string of the molecule is CC(C)c1nn(C(F)(F)F)c(C(C)C)c1C1Oc2c(S(N)(=O)=O)c(C(N)=O)nn2CC1(C)C. The van der Waals surface area contributed by atoms with E-state index in [9.17, 15) is 26.4 Å². The van der Waals surface area contributed by atoms with Gasteiger partial charge in [0.1, 0.15) is 6.10 Å². The van der Waals surface area contributed by atoms with Gasteiger partial charge in [-0.25, -0.2) is 18.2 Å². The summed E-state index contributed by atoms with van der Waals surface area (Å²) in [5.41, 5.74) is 4.11. The smallest absolute Gasteiger partial charge is 0.468 e. The molecule has 0 aliphatic carbocycles. The van der Waals surface area contributed by atoms with Gasteiger partial charge in [-0.05, 0) is 11.8 Å². The summed E-state index contributed by atoms with van der Waals surface area (Å²) in [6.45, 7) is 10.1. The number of amides is 1. The van der Waals surface area contributed by atoms with E-state index in [1.807, 2.05) is 0 Å². The van der Waals surface area contributed by atoms with Gasteiger partial charge >= 0.3 is 6.30 Å². The fourth-order valence-electron chi connectivity index (χ4n) is 4.16. The highest BCUT2D eigenvalue weighted by Gasteiger charge is 2.48. The average molecular weight is 493 g/mol. The molecular formula is C19H27F3N6O4S. The number of alkyl halides is 3. The second-order valence-corrected chi connectivity index (χ2v) is 10.9. The lowest BCUT2D eigenvalue weighted by Crippen LogP contribution is -2.38. The van der Waals surface area contributed by atoms with Crippen molar-refractivity contribution in [2.75, 3.05) is 0 Å². The van der Waals surface area contributed by atoms with E-state index in [0.717, 1.165) is 4.68 Å². The molecule has 14 heteroatoms. The van der Waals surface area contributed by atoms with Crippen molar-refractivity contribution in [2.45, 2.75) is 77.2 Å². The predicted molar refractivity (Wildman–Crippen MR) is 111 cm³/mol. The first-order valence-electron chi connectivity index (χ1n) is 10.2. The zero-order valence-electron chi connectivity index (χ0n) is 19.1. The topological polar surface area (TPSA) is 148 Å².